The molecule has 0 fully saturated rings. The Kier molecular flexibility index (Phi) is 5.38. The maximum Gasteiger partial charge on any atom is 0.185 e. The molecule has 0 unspecified atom stereocenters. The molecule has 2 aromatic rings. The lowest BCUT2D eigenvalue weighted by Gasteiger charge is -2.16. The van der Waals surface area contributed by atoms with E-state index in [1.165, 1.54) is 4.88 Å². The Morgan fingerprint density at radius 1 is 1.15 bits per heavy atom. The summed E-state index contributed by atoms with van der Waals surface area (Å²) in [4.78, 5) is 7.97. The molecule has 2 N–H and O–H groups in total. The highest BCUT2D eigenvalue weighted by molar-refractivity contribution is 7.15. The van der Waals surface area contributed by atoms with Gasteiger partial charge in [-0.3, -0.25) is 0 Å². The Bertz CT molecular complexity index is 520. The molecule has 5 heteroatoms. The summed E-state index contributed by atoms with van der Waals surface area (Å²) in [5.41, 5.74) is 1.16. The molecule has 4 nitrogen and oxygen atoms in total. The molecule has 0 saturated heterocycles. The summed E-state index contributed by atoms with van der Waals surface area (Å²) < 4.78 is 0. The molecule has 0 bridgehead atoms. The number of benzene rings is 1. The van der Waals surface area contributed by atoms with E-state index in [4.69, 9.17) is 0 Å². The Morgan fingerprint density at radius 3 is 2.50 bits per heavy atom. The molecule has 0 aliphatic rings. The summed E-state index contributed by atoms with van der Waals surface area (Å²) in [6.07, 6.45) is 1.95. The quantitative estimate of drug-likeness (QED) is 0.823. The van der Waals surface area contributed by atoms with Crippen LogP contribution in [0.1, 0.15) is 24.3 Å². The summed E-state index contributed by atoms with van der Waals surface area (Å²) in [6.45, 7) is 7.88. The second kappa shape index (κ2) is 7.26. The van der Waals surface area contributed by atoms with Crippen molar-refractivity contribution in [2.24, 2.45) is 0 Å². The number of hydrogen-bond donors (Lipinski definition) is 2. The van der Waals surface area contributed by atoms with E-state index >= 15 is 0 Å². The van der Waals surface area contributed by atoms with Crippen LogP contribution in [0.15, 0.2) is 30.5 Å². The Morgan fingerprint density at radius 2 is 1.85 bits per heavy atom. The molecule has 0 aliphatic carbocycles. The molecule has 1 heterocycles. The molecular formula is C15H21N3OS. The van der Waals surface area contributed by atoms with Crippen LogP contribution in [0.3, 0.4) is 0 Å². The van der Waals surface area contributed by atoms with Crippen LogP contribution in [0.2, 0.25) is 0 Å². The molecule has 0 saturated carbocycles. The molecule has 0 aliphatic heterocycles. The minimum absolute atomic E-state index is 0.306. The molecule has 0 amide bonds. The van der Waals surface area contributed by atoms with Gasteiger partial charge in [0.15, 0.2) is 5.13 Å². The maximum absolute atomic E-state index is 9.23. The van der Waals surface area contributed by atoms with Crippen LogP contribution in [-0.2, 0) is 13.1 Å². The third kappa shape index (κ3) is 3.95. The van der Waals surface area contributed by atoms with Crippen LogP contribution in [0.4, 0.5) is 5.13 Å². The first-order valence-corrected chi connectivity index (χ1v) is 7.72. The van der Waals surface area contributed by atoms with Gasteiger partial charge >= 0.3 is 0 Å². The first-order valence-electron chi connectivity index (χ1n) is 6.91. The van der Waals surface area contributed by atoms with E-state index < -0.39 is 0 Å². The second-order valence-electron chi connectivity index (χ2n) is 4.55. The number of anilines is 1. The first-order chi connectivity index (χ1) is 9.72. The number of nitrogens with zero attached hydrogens (tertiary/aromatic N) is 2. The number of thiazole rings is 1. The summed E-state index contributed by atoms with van der Waals surface area (Å²) >= 11 is 1.74. The van der Waals surface area contributed by atoms with Gasteiger partial charge in [0.25, 0.3) is 0 Å². The number of phenols is 1. The van der Waals surface area contributed by atoms with Crippen molar-refractivity contribution in [3.05, 3.63) is 40.9 Å². The number of hydrogen-bond acceptors (Lipinski definition) is 5. The topological polar surface area (TPSA) is 48.4 Å². The Balaban J connectivity index is 1.84. The van der Waals surface area contributed by atoms with E-state index in [9.17, 15) is 5.11 Å². The van der Waals surface area contributed by atoms with E-state index in [-0.39, 0.29) is 0 Å². The van der Waals surface area contributed by atoms with Gasteiger partial charge in [-0.1, -0.05) is 12.1 Å². The van der Waals surface area contributed by atoms with Crippen molar-refractivity contribution in [1.29, 1.82) is 0 Å². The molecular weight excluding hydrogens is 270 g/mol. The van der Waals surface area contributed by atoms with Crippen molar-refractivity contribution < 1.29 is 5.11 Å². The number of aromatic hydroxyl groups is 1. The lowest BCUT2D eigenvalue weighted by Crippen LogP contribution is -2.21. The predicted molar refractivity (Wildman–Crippen MR) is 84.3 cm³/mol. The van der Waals surface area contributed by atoms with Gasteiger partial charge in [-0.25, -0.2) is 4.98 Å². The maximum atomic E-state index is 9.23. The number of rotatable bonds is 7. The van der Waals surface area contributed by atoms with Gasteiger partial charge in [0.2, 0.25) is 0 Å². The van der Waals surface area contributed by atoms with Gasteiger partial charge in [0.05, 0.1) is 0 Å². The lowest BCUT2D eigenvalue weighted by atomic mass is 10.2. The third-order valence-corrected chi connectivity index (χ3v) is 4.20. The van der Waals surface area contributed by atoms with Crippen LogP contribution >= 0.6 is 11.3 Å². The van der Waals surface area contributed by atoms with Crippen molar-refractivity contribution in [3.8, 4) is 5.75 Å². The fourth-order valence-corrected chi connectivity index (χ4v) is 2.97. The van der Waals surface area contributed by atoms with Crippen molar-refractivity contribution >= 4 is 16.5 Å². The molecule has 108 valence electrons. The molecule has 0 radical (unpaired) electrons. The van der Waals surface area contributed by atoms with Crippen LogP contribution in [0, 0.1) is 0 Å². The van der Waals surface area contributed by atoms with Crippen LogP contribution in [0.5, 0.6) is 5.75 Å². The van der Waals surface area contributed by atoms with Crippen molar-refractivity contribution in [2.45, 2.75) is 26.9 Å². The monoisotopic (exact) mass is 291 g/mol. The minimum Gasteiger partial charge on any atom is -0.508 e. The third-order valence-electron chi connectivity index (χ3n) is 3.14. The summed E-state index contributed by atoms with van der Waals surface area (Å²) in [5.74, 6) is 0.306. The van der Waals surface area contributed by atoms with Gasteiger partial charge in [-0.05, 0) is 31.5 Å². The zero-order chi connectivity index (χ0) is 14.4. The first kappa shape index (κ1) is 14.8. The highest BCUT2D eigenvalue weighted by atomic mass is 32.1. The van der Waals surface area contributed by atoms with Gasteiger partial charge in [0, 0.05) is 37.3 Å². The molecule has 0 spiro atoms. The zero-order valence-corrected chi connectivity index (χ0v) is 12.8. The highest BCUT2D eigenvalue weighted by Crippen LogP contribution is 2.22. The fourth-order valence-electron chi connectivity index (χ4n) is 1.96. The second-order valence-corrected chi connectivity index (χ2v) is 5.65. The number of nitrogens with one attached hydrogen (secondary N) is 1. The van der Waals surface area contributed by atoms with E-state index in [2.05, 4.69) is 29.0 Å². The van der Waals surface area contributed by atoms with Crippen molar-refractivity contribution in [3.63, 3.8) is 0 Å². The molecule has 1 aromatic carbocycles. The van der Waals surface area contributed by atoms with Crippen molar-refractivity contribution in [1.82, 2.24) is 10.3 Å². The van der Waals surface area contributed by atoms with E-state index in [1.54, 1.807) is 23.5 Å². The van der Waals surface area contributed by atoms with E-state index in [0.717, 1.165) is 36.9 Å². The van der Waals surface area contributed by atoms with Gasteiger partial charge in [-0.15, -0.1) is 11.3 Å². The smallest absolute Gasteiger partial charge is 0.185 e. The van der Waals surface area contributed by atoms with E-state index in [0.29, 0.717) is 5.75 Å². The Labute approximate surface area is 124 Å². The number of aromatic nitrogens is 1. The van der Waals surface area contributed by atoms with Gasteiger partial charge in [0.1, 0.15) is 5.75 Å². The van der Waals surface area contributed by atoms with Gasteiger partial charge < -0.3 is 15.3 Å². The van der Waals surface area contributed by atoms with Crippen molar-refractivity contribution in [2.75, 3.05) is 18.0 Å². The minimum atomic E-state index is 0.306. The number of phenolic OH excluding ortho intramolecular Hbond substituents is 1. The van der Waals surface area contributed by atoms with Crippen LogP contribution in [0.25, 0.3) is 0 Å². The zero-order valence-electron chi connectivity index (χ0n) is 12.0. The normalized spacial score (nSPS) is 10.7. The molecule has 1 aromatic heterocycles. The van der Waals surface area contributed by atoms with E-state index in [1.807, 2.05) is 18.3 Å². The average Bonchev–Trinajstić information content (AvgIpc) is 2.91. The average molecular weight is 291 g/mol. The standard InChI is InChI=1S/C15H21N3OS/c1-3-18(4-2)15-17-11-14(20-15)10-16-9-12-5-7-13(19)8-6-12/h5-8,11,16,19H,3-4,9-10H2,1-2H3. The predicted octanol–water partition coefficient (Wildman–Crippen LogP) is 2.98. The summed E-state index contributed by atoms with van der Waals surface area (Å²) in [5, 5.41) is 13.7. The SMILES string of the molecule is CCN(CC)c1ncc(CNCc2ccc(O)cc2)s1. The fraction of sp³-hybridized carbons (Fsp3) is 0.400. The molecule has 2 rings (SSSR count). The van der Waals surface area contributed by atoms with Crippen LogP contribution < -0.4 is 10.2 Å². The van der Waals surface area contributed by atoms with Gasteiger partial charge in [-0.2, -0.15) is 0 Å². The summed E-state index contributed by atoms with van der Waals surface area (Å²) in [6, 6.07) is 7.27. The molecule has 20 heavy (non-hydrogen) atoms. The Hall–Kier alpha value is -1.59. The van der Waals surface area contributed by atoms with Crippen LogP contribution in [-0.4, -0.2) is 23.2 Å². The molecule has 0 atom stereocenters. The lowest BCUT2D eigenvalue weighted by molar-refractivity contribution is 0.475. The highest BCUT2D eigenvalue weighted by Gasteiger charge is 2.07. The summed E-state index contributed by atoms with van der Waals surface area (Å²) in [7, 11) is 0. The largest absolute Gasteiger partial charge is 0.508 e.